The van der Waals surface area contributed by atoms with Gasteiger partial charge >= 0.3 is 0 Å². The Kier molecular flexibility index (Phi) is 5.59. The lowest BCUT2D eigenvalue weighted by atomic mass is 10.1. The third-order valence-electron chi connectivity index (χ3n) is 5.52. The number of aryl methyl sites for hydroxylation is 1. The molecule has 7 nitrogen and oxygen atoms in total. The monoisotopic (exact) mass is 447 g/mol. The van der Waals surface area contributed by atoms with Crippen LogP contribution in [0.2, 0.25) is 5.02 Å². The first-order chi connectivity index (χ1) is 15.5. The molecule has 4 aromatic rings. The van der Waals surface area contributed by atoms with Gasteiger partial charge in [0.05, 0.1) is 11.7 Å². The van der Waals surface area contributed by atoms with E-state index in [4.69, 9.17) is 21.0 Å². The first-order valence-corrected chi connectivity index (χ1v) is 10.9. The van der Waals surface area contributed by atoms with Crippen molar-refractivity contribution in [1.82, 2.24) is 25.2 Å². The Morgan fingerprint density at radius 3 is 2.75 bits per heavy atom. The number of fused-ring (bicyclic) bond motifs is 1. The van der Waals surface area contributed by atoms with Gasteiger partial charge in [-0.25, -0.2) is 15.0 Å². The van der Waals surface area contributed by atoms with Crippen LogP contribution in [0.4, 0.5) is 0 Å². The SMILES string of the molecule is Cc1cc(CN2CCNC(=O)C2Cc2nc3ccccc3o2)nc(-c2ccc(Cl)cc2)n1. The van der Waals surface area contributed by atoms with E-state index >= 15 is 0 Å². The maximum absolute atomic E-state index is 12.7. The summed E-state index contributed by atoms with van der Waals surface area (Å²) in [5.74, 6) is 1.18. The lowest BCUT2D eigenvalue weighted by Crippen LogP contribution is -2.55. The molecule has 1 saturated heterocycles. The highest BCUT2D eigenvalue weighted by molar-refractivity contribution is 6.30. The van der Waals surface area contributed by atoms with Crippen molar-refractivity contribution in [3.8, 4) is 11.4 Å². The van der Waals surface area contributed by atoms with Gasteiger partial charge in [-0.05, 0) is 49.4 Å². The van der Waals surface area contributed by atoms with Gasteiger partial charge in [-0.2, -0.15) is 0 Å². The predicted octanol–water partition coefficient (Wildman–Crippen LogP) is 3.79. The number of rotatable bonds is 5. The van der Waals surface area contributed by atoms with Crippen molar-refractivity contribution in [3.63, 3.8) is 0 Å². The number of carbonyl (C=O) groups excluding carboxylic acids is 1. The highest BCUT2D eigenvalue weighted by Crippen LogP contribution is 2.22. The van der Waals surface area contributed by atoms with Gasteiger partial charge in [-0.1, -0.05) is 23.7 Å². The highest BCUT2D eigenvalue weighted by atomic mass is 35.5. The number of nitrogens with zero attached hydrogens (tertiary/aromatic N) is 4. The molecule has 32 heavy (non-hydrogen) atoms. The van der Waals surface area contributed by atoms with E-state index in [0.717, 1.165) is 34.6 Å². The van der Waals surface area contributed by atoms with Crippen molar-refractivity contribution in [3.05, 3.63) is 76.9 Å². The number of piperazine rings is 1. The summed E-state index contributed by atoms with van der Waals surface area (Å²) in [6.07, 6.45) is 0.397. The second-order valence-electron chi connectivity index (χ2n) is 7.89. The molecule has 0 saturated carbocycles. The lowest BCUT2D eigenvalue weighted by Gasteiger charge is -2.34. The predicted molar refractivity (Wildman–Crippen MR) is 122 cm³/mol. The molecule has 1 amide bonds. The van der Waals surface area contributed by atoms with Gasteiger partial charge in [-0.15, -0.1) is 0 Å². The van der Waals surface area contributed by atoms with Crippen LogP contribution in [-0.4, -0.2) is 44.9 Å². The summed E-state index contributed by atoms with van der Waals surface area (Å²) in [7, 11) is 0. The third kappa shape index (κ3) is 4.35. The Morgan fingerprint density at radius 2 is 1.94 bits per heavy atom. The maximum atomic E-state index is 12.7. The second kappa shape index (κ2) is 8.68. The number of oxazole rings is 1. The Morgan fingerprint density at radius 1 is 1.12 bits per heavy atom. The number of carbonyl (C=O) groups is 1. The van der Waals surface area contributed by atoms with Crippen LogP contribution >= 0.6 is 11.6 Å². The van der Waals surface area contributed by atoms with Gasteiger partial charge in [0.25, 0.3) is 0 Å². The van der Waals surface area contributed by atoms with Gasteiger partial charge in [-0.3, -0.25) is 9.69 Å². The Bertz CT molecular complexity index is 1240. The number of hydrogen-bond acceptors (Lipinski definition) is 6. The minimum absolute atomic E-state index is 0.0257. The van der Waals surface area contributed by atoms with Gasteiger partial charge in [0, 0.05) is 42.3 Å². The number of aromatic nitrogens is 3. The first-order valence-electron chi connectivity index (χ1n) is 10.5. The van der Waals surface area contributed by atoms with E-state index in [0.29, 0.717) is 36.2 Å². The summed E-state index contributed by atoms with van der Waals surface area (Å²) in [6.45, 7) is 3.79. The Balaban J connectivity index is 1.40. The minimum Gasteiger partial charge on any atom is -0.441 e. The molecule has 2 aromatic carbocycles. The molecule has 1 aliphatic rings. The summed E-state index contributed by atoms with van der Waals surface area (Å²) in [4.78, 5) is 28.7. The van der Waals surface area contributed by atoms with Crippen LogP contribution < -0.4 is 5.32 Å². The number of amides is 1. The molecule has 1 N–H and O–H groups in total. The molecule has 0 radical (unpaired) electrons. The number of hydrogen-bond donors (Lipinski definition) is 1. The van der Waals surface area contributed by atoms with Crippen LogP contribution in [0.1, 0.15) is 17.3 Å². The van der Waals surface area contributed by atoms with Crippen molar-refractivity contribution in [2.24, 2.45) is 0 Å². The van der Waals surface area contributed by atoms with Crippen LogP contribution in [0.3, 0.4) is 0 Å². The Hall–Kier alpha value is -3.29. The molecule has 1 unspecified atom stereocenters. The average molecular weight is 448 g/mol. The zero-order valence-corrected chi connectivity index (χ0v) is 18.3. The third-order valence-corrected chi connectivity index (χ3v) is 5.77. The number of para-hydroxylation sites is 2. The smallest absolute Gasteiger partial charge is 0.237 e. The summed E-state index contributed by atoms with van der Waals surface area (Å²) >= 11 is 6.01. The van der Waals surface area contributed by atoms with Crippen molar-refractivity contribution >= 4 is 28.6 Å². The quantitative estimate of drug-likeness (QED) is 0.501. The molecule has 0 spiro atoms. The molecular weight excluding hydrogens is 426 g/mol. The topological polar surface area (TPSA) is 84.2 Å². The van der Waals surface area contributed by atoms with Crippen molar-refractivity contribution in [2.45, 2.75) is 25.9 Å². The normalized spacial score (nSPS) is 16.9. The molecule has 8 heteroatoms. The molecule has 0 aliphatic carbocycles. The maximum Gasteiger partial charge on any atom is 0.237 e. The molecule has 162 valence electrons. The van der Waals surface area contributed by atoms with Crippen LogP contribution in [0.25, 0.3) is 22.5 Å². The molecule has 3 heterocycles. The summed E-state index contributed by atoms with van der Waals surface area (Å²) in [6, 6.07) is 16.7. The molecule has 0 bridgehead atoms. The van der Waals surface area contributed by atoms with E-state index in [9.17, 15) is 4.79 Å². The zero-order chi connectivity index (χ0) is 22.1. The van der Waals surface area contributed by atoms with E-state index < -0.39 is 0 Å². The van der Waals surface area contributed by atoms with Gasteiger partial charge in [0.1, 0.15) is 5.52 Å². The summed E-state index contributed by atoms with van der Waals surface area (Å²) < 4.78 is 5.87. The molecule has 5 rings (SSSR count). The molecule has 1 aliphatic heterocycles. The number of halogens is 1. The standard InChI is InChI=1S/C24H22ClN5O2/c1-15-12-18(28-23(27-15)16-6-8-17(25)9-7-16)14-30-11-10-26-24(31)20(30)13-22-29-19-4-2-3-5-21(19)32-22/h2-9,12,20H,10-11,13-14H2,1H3,(H,26,31). The fourth-order valence-corrected chi connectivity index (χ4v) is 4.12. The van der Waals surface area contributed by atoms with E-state index in [1.807, 2.05) is 61.5 Å². The van der Waals surface area contributed by atoms with Crippen molar-refractivity contribution in [1.29, 1.82) is 0 Å². The fraction of sp³-hybridized carbons (Fsp3) is 0.250. The second-order valence-corrected chi connectivity index (χ2v) is 8.32. The fourth-order valence-electron chi connectivity index (χ4n) is 4.00. The van der Waals surface area contributed by atoms with Gasteiger partial charge in [0.15, 0.2) is 17.3 Å². The minimum atomic E-state index is -0.383. The zero-order valence-electron chi connectivity index (χ0n) is 17.6. The van der Waals surface area contributed by atoms with Gasteiger partial charge in [0.2, 0.25) is 5.91 Å². The number of benzene rings is 2. The van der Waals surface area contributed by atoms with E-state index in [-0.39, 0.29) is 11.9 Å². The average Bonchev–Trinajstić information content (AvgIpc) is 3.19. The largest absolute Gasteiger partial charge is 0.441 e. The number of nitrogens with one attached hydrogen (secondary N) is 1. The van der Waals surface area contributed by atoms with Crippen molar-refractivity contribution in [2.75, 3.05) is 13.1 Å². The van der Waals surface area contributed by atoms with Gasteiger partial charge < -0.3 is 9.73 Å². The Labute approximate surface area is 190 Å². The van der Waals surface area contributed by atoms with Crippen LogP contribution in [0.15, 0.2) is 59.0 Å². The first kappa shape index (κ1) is 20.6. The summed E-state index contributed by atoms with van der Waals surface area (Å²) in [5.41, 5.74) is 4.16. The van der Waals surface area contributed by atoms with Crippen LogP contribution in [-0.2, 0) is 17.8 Å². The van der Waals surface area contributed by atoms with Crippen LogP contribution in [0, 0.1) is 6.92 Å². The van der Waals surface area contributed by atoms with E-state index in [2.05, 4.69) is 20.2 Å². The highest BCUT2D eigenvalue weighted by Gasteiger charge is 2.31. The molecular formula is C24H22ClN5O2. The van der Waals surface area contributed by atoms with Crippen LogP contribution in [0.5, 0.6) is 0 Å². The molecule has 1 fully saturated rings. The molecule has 2 aromatic heterocycles. The van der Waals surface area contributed by atoms with E-state index in [1.54, 1.807) is 0 Å². The lowest BCUT2D eigenvalue weighted by molar-refractivity contribution is -0.129. The van der Waals surface area contributed by atoms with Crippen molar-refractivity contribution < 1.29 is 9.21 Å². The molecule has 1 atom stereocenters. The van der Waals surface area contributed by atoms with E-state index in [1.165, 1.54) is 0 Å². The summed E-state index contributed by atoms with van der Waals surface area (Å²) in [5, 5.41) is 3.63.